The van der Waals surface area contributed by atoms with Gasteiger partial charge in [-0.05, 0) is 56.2 Å². The van der Waals surface area contributed by atoms with Crippen LogP contribution in [0.4, 0.5) is 5.69 Å². The number of anilines is 1. The minimum atomic E-state index is -3.58. The van der Waals surface area contributed by atoms with Crippen molar-refractivity contribution >= 4 is 33.2 Å². The molecule has 1 N–H and O–H groups in total. The van der Waals surface area contributed by atoms with Crippen LogP contribution in [0.5, 0.6) is 5.75 Å². The number of nitrogens with one attached hydrogen (secondary N) is 1. The van der Waals surface area contributed by atoms with Crippen LogP contribution in [0.3, 0.4) is 0 Å². The van der Waals surface area contributed by atoms with E-state index in [-0.39, 0.29) is 16.7 Å². The van der Waals surface area contributed by atoms with Gasteiger partial charge < -0.3 is 10.1 Å². The Kier molecular flexibility index (Phi) is 6.59. The lowest BCUT2D eigenvalue weighted by atomic mass is 9.97. The van der Waals surface area contributed by atoms with Gasteiger partial charge in [0.05, 0.1) is 17.2 Å². The molecular weight excluding hydrogens is 400 g/mol. The summed E-state index contributed by atoms with van der Waals surface area (Å²) in [6.07, 6.45) is 0.935. The minimum Gasteiger partial charge on any atom is -0.492 e. The molecule has 0 atom stereocenters. The van der Waals surface area contributed by atoms with Crippen LogP contribution in [-0.4, -0.2) is 38.3 Å². The van der Waals surface area contributed by atoms with E-state index in [0.717, 1.165) is 0 Å². The molecule has 0 radical (unpaired) electrons. The highest BCUT2D eigenvalue weighted by atomic mass is 35.5. The lowest BCUT2D eigenvalue weighted by Crippen LogP contribution is -2.41. The number of nitrogens with zero attached hydrogens (tertiary/aromatic N) is 1. The average molecular weight is 423 g/mol. The Balaban J connectivity index is 1.62. The van der Waals surface area contributed by atoms with Crippen molar-refractivity contribution in [2.24, 2.45) is 5.92 Å². The van der Waals surface area contributed by atoms with Crippen molar-refractivity contribution in [1.82, 2.24) is 4.31 Å². The summed E-state index contributed by atoms with van der Waals surface area (Å²) in [5.41, 5.74) is 0.630. The second-order valence-electron chi connectivity index (χ2n) is 6.55. The van der Waals surface area contributed by atoms with Crippen molar-refractivity contribution in [3.8, 4) is 5.75 Å². The molecule has 1 fully saturated rings. The largest absolute Gasteiger partial charge is 0.492 e. The number of halogens is 1. The van der Waals surface area contributed by atoms with Crippen molar-refractivity contribution in [1.29, 1.82) is 0 Å². The maximum atomic E-state index is 12.7. The van der Waals surface area contributed by atoms with E-state index in [9.17, 15) is 13.2 Å². The van der Waals surface area contributed by atoms with E-state index in [2.05, 4.69) is 5.32 Å². The molecule has 0 aliphatic carbocycles. The third kappa shape index (κ3) is 4.66. The first-order chi connectivity index (χ1) is 13.4. The number of hydrogen-bond acceptors (Lipinski definition) is 4. The summed E-state index contributed by atoms with van der Waals surface area (Å²) in [5, 5.41) is 3.40. The molecule has 2 aromatic carbocycles. The third-order valence-electron chi connectivity index (χ3n) is 4.72. The summed E-state index contributed by atoms with van der Waals surface area (Å²) in [6, 6.07) is 13.4. The zero-order chi connectivity index (χ0) is 20.1. The van der Waals surface area contributed by atoms with Crippen LogP contribution in [0.1, 0.15) is 19.8 Å². The maximum absolute atomic E-state index is 12.7. The molecule has 28 heavy (non-hydrogen) atoms. The van der Waals surface area contributed by atoms with E-state index < -0.39 is 10.0 Å². The molecule has 0 saturated carbocycles. The predicted molar refractivity (Wildman–Crippen MR) is 109 cm³/mol. The van der Waals surface area contributed by atoms with Crippen LogP contribution in [0.15, 0.2) is 53.4 Å². The van der Waals surface area contributed by atoms with Crippen molar-refractivity contribution in [3.63, 3.8) is 0 Å². The average Bonchev–Trinajstić information content (AvgIpc) is 2.70. The minimum absolute atomic E-state index is 0.115. The molecule has 6 nitrogen and oxygen atoms in total. The Labute approximate surface area is 170 Å². The highest BCUT2D eigenvalue weighted by molar-refractivity contribution is 7.89. The zero-order valence-electron chi connectivity index (χ0n) is 15.6. The lowest BCUT2D eigenvalue weighted by Gasteiger charge is -2.30. The first kappa shape index (κ1) is 20.6. The zero-order valence-corrected chi connectivity index (χ0v) is 17.2. The number of piperidine rings is 1. The number of sulfonamides is 1. The second kappa shape index (κ2) is 8.94. The Bertz CT molecular complexity index is 923. The van der Waals surface area contributed by atoms with Crippen molar-refractivity contribution < 1.29 is 17.9 Å². The molecule has 1 aliphatic heterocycles. The molecule has 3 rings (SSSR count). The first-order valence-electron chi connectivity index (χ1n) is 9.20. The van der Waals surface area contributed by atoms with E-state index >= 15 is 0 Å². The number of para-hydroxylation sites is 2. The fourth-order valence-electron chi connectivity index (χ4n) is 3.20. The summed E-state index contributed by atoms with van der Waals surface area (Å²) in [4.78, 5) is 12.9. The second-order valence-corrected chi connectivity index (χ2v) is 8.93. The Morgan fingerprint density at radius 3 is 2.43 bits per heavy atom. The molecule has 1 saturated heterocycles. The van der Waals surface area contributed by atoms with Gasteiger partial charge in [-0.3, -0.25) is 4.79 Å². The number of amides is 1. The molecule has 1 amide bonds. The van der Waals surface area contributed by atoms with Gasteiger partial charge in [0.1, 0.15) is 5.75 Å². The molecule has 0 unspecified atom stereocenters. The summed E-state index contributed by atoms with van der Waals surface area (Å²) in [7, 11) is -3.58. The molecule has 0 aromatic heterocycles. The fourth-order valence-corrected chi connectivity index (χ4v) is 4.80. The Morgan fingerprint density at radius 1 is 1.14 bits per heavy atom. The van der Waals surface area contributed by atoms with Gasteiger partial charge in [0, 0.05) is 24.0 Å². The van der Waals surface area contributed by atoms with Crippen LogP contribution in [0, 0.1) is 5.92 Å². The van der Waals surface area contributed by atoms with E-state index in [1.165, 1.54) is 16.4 Å². The smallest absolute Gasteiger partial charge is 0.243 e. The molecule has 2 aromatic rings. The molecule has 8 heteroatoms. The molecule has 1 aliphatic rings. The van der Waals surface area contributed by atoms with Crippen LogP contribution in [0.25, 0.3) is 0 Å². The van der Waals surface area contributed by atoms with Crippen LogP contribution in [-0.2, 0) is 14.8 Å². The monoisotopic (exact) mass is 422 g/mol. The highest BCUT2D eigenvalue weighted by Crippen LogP contribution is 2.28. The molecule has 0 bridgehead atoms. The summed E-state index contributed by atoms with van der Waals surface area (Å²) in [6.45, 7) is 3.00. The van der Waals surface area contributed by atoms with E-state index in [1.807, 2.05) is 19.1 Å². The van der Waals surface area contributed by atoms with Crippen LogP contribution >= 0.6 is 11.6 Å². The number of benzene rings is 2. The van der Waals surface area contributed by atoms with Crippen LogP contribution < -0.4 is 10.1 Å². The molecule has 1 heterocycles. The normalized spacial score (nSPS) is 15.9. The topological polar surface area (TPSA) is 75.7 Å². The maximum Gasteiger partial charge on any atom is 0.243 e. The SMILES string of the molecule is CCOc1ccccc1NC(=O)C1CCN(S(=O)(=O)c2ccc(Cl)cc2)CC1. The van der Waals surface area contributed by atoms with Gasteiger partial charge in [-0.2, -0.15) is 4.31 Å². The van der Waals surface area contributed by atoms with E-state index in [1.54, 1.807) is 24.3 Å². The number of carbonyl (C=O) groups excluding carboxylic acids is 1. The quantitative estimate of drug-likeness (QED) is 0.768. The highest BCUT2D eigenvalue weighted by Gasteiger charge is 2.32. The van der Waals surface area contributed by atoms with Gasteiger partial charge in [0.15, 0.2) is 0 Å². The summed E-state index contributed by atoms with van der Waals surface area (Å²) in [5.74, 6) is 0.267. The van der Waals surface area contributed by atoms with Crippen LogP contribution in [0.2, 0.25) is 5.02 Å². The van der Waals surface area contributed by atoms with Gasteiger partial charge in [-0.25, -0.2) is 8.42 Å². The van der Waals surface area contributed by atoms with Crippen molar-refractivity contribution in [2.45, 2.75) is 24.7 Å². The van der Waals surface area contributed by atoms with E-state index in [0.29, 0.717) is 49.0 Å². The number of rotatable bonds is 6. The predicted octanol–water partition coefficient (Wildman–Crippen LogP) is 3.78. The van der Waals surface area contributed by atoms with E-state index in [4.69, 9.17) is 16.3 Å². The number of ether oxygens (including phenoxy) is 1. The van der Waals surface area contributed by atoms with Crippen molar-refractivity contribution in [2.75, 3.05) is 25.0 Å². The third-order valence-corrected chi connectivity index (χ3v) is 6.89. The fraction of sp³-hybridized carbons (Fsp3) is 0.350. The number of hydrogen-bond donors (Lipinski definition) is 1. The van der Waals surface area contributed by atoms with Gasteiger partial charge in [-0.1, -0.05) is 23.7 Å². The first-order valence-corrected chi connectivity index (χ1v) is 11.0. The number of carbonyl (C=O) groups is 1. The Hall–Kier alpha value is -2.09. The molecular formula is C20H23ClN2O4S. The standard InChI is InChI=1S/C20H23ClN2O4S/c1-2-27-19-6-4-3-5-18(19)22-20(24)15-11-13-23(14-12-15)28(25,26)17-9-7-16(21)8-10-17/h3-10,15H,2,11-14H2,1H3,(H,22,24). The molecule has 150 valence electrons. The Morgan fingerprint density at radius 2 is 1.79 bits per heavy atom. The summed E-state index contributed by atoms with van der Waals surface area (Å²) < 4.78 is 32.5. The van der Waals surface area contributed by atoms with Gasteiger partial charge >= 0.3 is 0 Å². The molecule has 0 spiro atoms. The lowest BCUT2D eigenvalue weighted by molar-refractivity contribution is -0.120. The van der Waals surface area contributed by atoms with Gasteiger partial charge in [-0.15, -0.1) is 0 Å². The summed E-state index contributed by atoms with van der Waals surface area (Å²) >= 11 is 5.84. The van der Waals surface area contributed by atoms with Gasteiger partial charge in [0.25, 0.3) is 0 Å². The van der Waals surface area contributed by atoms with Gasteiger partial charge in [0.2, 0.25) is 15.9 Å². The van der Waals surface area contributed by atoms with Crippen molar-refractivity contribution in [3.05, 3.63) is 53.6 Å².